The molecule has 0 N–H and O–H groups in total. The first-order valence-corrected chi connectivity index (χ1v) is 5.18. The number of nitrogens with zero attached hydrogens (tertiary/aromatic N) is 3. The zero-order chi connectivity index (χ0) is 11.0. The number of hydrogen-bond acceptors (Lipinski definition) is 2. The van der Waals surface area contributed by atoms with Gasteiger partial charge in [0.2, 0.25) is 0 Å². The lowest BCUT2D eigenvalue weighted by molar-refractivity contribution is 0.797. The fraction of sp³-hybridized carbons (Fsp3) is 0.0769. The number of benzene rings is 1. The number of aryl methyl sites for hydroxylation is 1. The van der Waals surface area contributed by atoms with Crippen molar-refractivity contribution in [1.82, 2.24) is 14.8 Å². The Hall–Kier alpha value is -2.16. The summed E-state index contributed by atoms with van der Waals surface area (Å²) in [6.07, 6.45) is 3.69. The van der Waals surface area contributed by atoms with Crippen LogP contribution < -0.4 is 0 Å². The molecule has 0 amide bonds. The molecular formula is C13H11N3. The zero-order valence-electron chi connectivity index (χ0n) is 8.96. The van der Waals surface area contributed by atoms with Crippen molar-refractivity contribution in [2.75, 3.05) is 0 Å². The van der Waals surface area contributed by atoms with E-state index in [9.17, 15) is 0 Å². The molecule has 3 rings (SSSR count). The Balaban J connectivity index is 2.19. The van der Waals surface area contributed by atoms with Crippen LogP contribution in [0.15, 0.2) is 48.8 Å². The summed E-state index contributed by atoms with van der Waals surface area (Å²) in [7, 11) is 1.95. The smallest absolute Gasteiger partial charge is 0.0702 e. The van der Waals surface area contributed by atoms with Crippen molar-refractivity contribution < 1.29 is 0 Å². The second-order valence-electron chi connectivity index (χ2n) is 3.76. The molecule has 0 aliphatic rings. The molecule has 0 aliphatic heterocycles. The molecule has 3 nitrogen and oxygen atoms in total. The van der Waals surface area contributed by atoms with E-state index in [1.54, 1.807) is 0 Å². The number of aromatic nitrogens is 3. The Morgan fingerprint density at radius 1 is 1.12 bits per heavy atom. The molecule has 0 saturated heterocycles. The zero-order valence-corrected chi connectivity index (χ0v) is 8.96. The quantitative estimate of drug-likeness (QED) is 0.616. The molecule has 0 radical (unpaired) electrons. The highest BCUT2D eigenvalue weighted by atomic mass is 15.2. The molecule has 2 heterocycles. The molecule has 0 unspecified atom stereocenters. The van der Waals surface area contributed by atoms with Crippen LogP contribution in [0.25, 0.3) is 22.2 Å². The predicted molar refractivity (Wildman–Crippen MR) is 63.9 cm³/mol. The van der Waals surface area contributed by atoms with Gasteiger partial charge in [0.1, 0.15) is 0 Å². The normalized spacial score (nSPS) is 10.8. The lowest BCUT2D eigenvalue weighted by Gasteiger charge is -2.00. The summed E-state index contributed by atoms with van der Waals surface area (Å²) in [6, 6.07) is 12.2. The molecule has 3 aromatic rings. The third-order valence-electron chi connectivity index (χ3n) is 2.71. The van der Waals surface area contributed by atoms with E-state index in [4.69, 9.17) is 0 Å². The largest absolute Gasteiger partial charge is 0.268 e. The van der Waals surface area contributed by atoms with Gasteiger partial charge in [0.05, 0.1) is 17.4 Å². The van der Waals surface area contributed by atoms with Crippen molar-refractivity contribution in [2.45, 2.75) is 0 Å². The Morgan fingerprint density at radius 2 is 2.06 bits per heavy atom. The van der Waals surface area contributed by atoms with E-state index in [2.05, 4.69) is 28.3 Å². The molecule has 0 spiro atoms. The Morgan fingerprint density at radius 3 is 2.88 bits per heavy atom. The van der Waals surface area contributed by atoms with E-state index in [0.717, 1.165) is 22.2 Å². The third kappa shape index (κ3) is 1.37. The summed E-state index contributed by atoms with van der Waals surface area (Å²) in [5.41, 5.74) is 3.26. The van der Waals surface area contributed by atoms with Crippen LogP contribution in [-0.4, -0.2) is 14.8 Å². The van der Waals surface area contributed by atoms with Crippen LogP contribution in [-0.2, 0) is 7.05 Å². The topological polar surface area (TPSA) is 30.7 Å². The lowest BCUT2D eigenvalue weighted by atomic mass is 10.1. The number of rotatable bonds is 1. The highest BCUT2D eigenvalue weighted by molar-refractivity contribution is 5.83. The highest BCUT2D eigenvalue weighted by Gasteiger charge is 2.02. The van der Waals surface area contributed by atoms with Crippen molar-refractivity contribution in [3.63, 3.8) is 0 Å². The summed E-state index contributed by atoms with van der Waals surface area (Å²) >= 11 is 0. The van der Waals surface area contributed by atoms with Crippen LogP contribution in [0, 0.1) is 0 Å². The van der Waals surface area contributed by atoms with E-state index in [0.29, 0.717) is 0 Å². The molecule has 0 saturated carbocycles. The molecule has 0 fully saturated rings. The third-order valence-corrected chi connectivity index (χ3v) is 2.71. The summed E-state index contributed by atoms with van der Waals surface area (Å²) in [5, 5.41) is 5.37. The summed E-state index contributed by atoms with van der Waals surface area (Å²) in [5.74, 6) is 0. The molecule has 0 bridgehead atoms. The molecule has 2 aromatic heterocycles. The maximum absolute atomic E-state index is 4.34. The first-order chi connectivity index (χ1) is 7.84. The van der Waals surface area contributed by atoms with Gasteiger partial charge in [0, 0.05) is 24.2 Å². The van der Waals surface area contributed by atoms with E-state index in [1.807, 2.05) is 42.3 Å². The number of pyridine rings is 1. The Bertz CT molecular complexity index is 626. The van der Waals surface area contributed by atoms with Crippen LogP contribution >= 0.6 is 0 Å². The molecular weight excluding hydrogens is 198 g/mol. The van der Waals surface area contributed by atoms with Gasteiger partial charge in [-0.05, 0) is 24.3 Å². The van der Waals surface area contributed by atoms with E-state index < -0.39 is 0 Å². The average molecular weight is 209 g/mol. The van der Waals surface area contributed by atoms with Gasteiger partial charge in [-0.2, -0.15) is 5.10 Å². The Labute approximate surface area is 93.4 Å². The van der Waals surface area contributed by atoms with Gasteiger partial charge >= 0.3 is 0 Å². The molecule has 0 aliphatic carbocycles. The van der Waals surface area contributed by atoms with Gasteiger partial charge in [-0.15, -0.1) is 0 Å². The molecule has 78 valence electrons. The van der Waals surface area contributed by atoms with Gasteiger partial charge in [0.15, 0.2) is 0 Å². The van der Waals surface area contributed by atoms with Crippen molar-refractivity contribution in [2.24, 2.45) is 7.05 Å². The summed E-state index contributed by atoms with van der Waals surface area (Å²) in [4.78, 5) is 4.34. The van der Waals surface area contributed by atoms with Crippen LogP contribution in [0.3, 0.4) is 0 Å². The fourth-order valence-corrected chi connectivity index (χ4v) is 1.86. The van der Waals surface area contributed by atoms with Crippen molar-refractivity contribution in [3.8, 4) is 11.3 Å². The van der Waals surface area contributed by atoms with Gasteiger partial charge in [0.25, 0.3) is 0 Å². The summed E-state index contributed by atoms with van der Waals surface area (Å²) < 4.78 is 1.87. The second kappa shape index (κ2) is 3.45. The molecule has 3 heteroatoms. The van der Waals surface area contributed by atoms with Crippen LogP contribution in [0.1, 0.15) is 0 Å². The van der Waals surface area contributed by atoms with E-state index in [-0.39, 0.29) is 0 Å². The van der Waals surface area contributed by atoms with Crippen LogP contribution in [0.5, 0.6) is 0 Å². The molecule has 1 aromatic carbocycles. The second-order valence-corrected chi connectivity index (χ2v) is 3.76. The predicted octanol–water partition coefficient (Wildman–Crippen LogP) is 2.64. The minimum atomic E-state index is 0.994. The van der Waals surface area contributed by atoms with Gasteiger partial charge in [-0.25, -0.2) is 0 Å². The van der Waals surface area contributed by atoms with Gasteiger partial charge in [-0.1, -0.05) is 12.1 Å². The first-order valence-electron chi connectivity index (χ1n) is 5.18. The van der Waals surface area contributed by atoms with Gasteiger partial charge in [-0.3, -0.25) is 9.67 Å². The van der Waals surface area contributed by atoms with E-state index >= 15 is 0 Å². The Kier molecular flexibility index (Phi) is 1.96. The average Bonchev–Trinajstić information content (AvgIpc) is 2.72. The van der Waals surface area contributed by atoms with Gasteiger partial charge < -0.3 is 0 Å². The van der Waals surface area contributed by atoms with Crippen LogP contribution in [0.4, 0.5) is 0 Å². The lowest BCUT2D eigenvalue weighted by Crippen LogP contribution is -1.88. The van der Waals surface area contributed by atoms with Crippen molar-refractivity contribution in [3.05, 3.63) is 48.8 Å². The molecule has 16 heavy (non-hydrogen) atoms. The monoisotopic (exact) mass is 209 g/mol. The van der Waals surface area contributed by atoms with Crippen LogP contribution in [0.2, 0.25) is 0 Å². The summed E-state index contributed by atoms with van der Waals surface area (Å²) in [6.45, 7) is 0. The van der Waals surface area contributed by atoms with Crippen molar-refractivity contribution in [1.29, 1.82) is 0 Å². The van der Waals surface area contributed by atoms with Crippen molar-refractivity contribution >= 4 is 10.9 Å². The number of hydrogen-bond donors (Lipinski definition) is 0. The maximum atomic E-state index is 4.34. The SMILES string of the molecule is Cn1ncc2cc(-c3ccccn3)ccc21. The molecule has 0 atom stereocenters. The number of fused-ring (bicyclic) bond motifs is 1. The minimum Gasteiger partial charge on any atom is -0.268 e. The highest BCUT2D eigenvalue weighted by Crippen LogP contribution is 2.22. The fourth-order valence-electron chi connectivity index (χ4n) is 1.86. The first kappa shape index (κ1) is 9.09. The minimum absolute atomic E-state index is 0.994. The van der Waals surface area contributed by atoms with E-state index in [1.165, 1.54) is 0 Å². The standard InChI is InChI=1S/C13H11N3/c1-16-13-6-5-10(8-11(13)9-15-16)12-4-2-3-7-14-12/h2-9H,1H3. The maximum Gasteiger partial charge on any atom is 0.0702 e.